The summed E-state index contributed by atoms with van der Waals surface area (Å²) in [5.74, 6) is 0.127. The Hall–Kier alpha value is -1.05. The summed E-state index contributed by atoms with van der Waals surface area (Å²) in [5.41, 5.74) is 7.38. The molecule has 0 bridgehead atoms. The van der Waals surface area contributed by atoms with Gasteiger partial charge in [-0.15, -0.1) is 11.3 Å². The standard InChI is InChI=1S/C10H12N2OS/c11-4-7-9-6(5-13)2-1-3-8(9)14-10(7)12/h6,13H,1-3,5,12H2. The quantitative estimate of drug-likeness (QED) is 0.736. The van der Waals surface area contributed by atoms with Crippen molar-refractivity contribution in [2.24, 2.45) is 0 Å². The first-order valence-electron chi connectivity index (χ1n) is 4.70. The Morgan fingerprint density at radius 1 is 1.64 bits per heavy atom. The lowest BCUT2D eigenvalue weighted by Crippen LogP contribution is -2.12. The van der Waals surface area contributed by atoms with E-state index < -0.39 is 0 Å². The SMILES string of the molecule is N#Cc1c(N)sc2c1C(CO)CCC2. The van der Waals surface area contributed by atoms with Crippen molar-refractivity contribution < 1.29 is 5.11 Å². The Morgan fingerprint density at radius 2 is 2.43 bits per heavy atom. The average molecular weight is 208 g/mol. The molecule has 0 aromatic carbocycles. The number of nitrogens with two attached hydrogens (primary N) is 1. The van der Waals surface area contributed by atoms with Crippen molar-refractivity contribution >= 4 is 16.3 Å². The zero-order valence-electron chi connectivity index (χ0n) is 7.79. The van der Waals surface area contributed by atoms with Crippen LogP contribution in [-0.4, -0.2) is 11.7 Å². The van der Waals surface area contributed by atoms with Crippen molar-refractivity contribution in [3.8, 4) is 6.07 Å². The lowest BCUT2D eigenvalue weighted by molar-refractivity contribution is 0.253. The number of thiophene rings is 1. The molecule has 1 aliphatic rings. The molecule has 0 fully saturated rings. The molecule has 0 saturated carbocycles. The van der Waals surface area contributed by atoms with E-state index in [2.05, 4.69) is 6.07 Å². The molecule has 2 rings (SSSR count). The molecule has 0 amide bonds. The third kappa shape index (κ3) is 1.29. The van der Waals surface area contributed by atoms with Gasteiger partial charge in [-0.05, 0) is 24.8 Å². The van der Waals surface area contributed by atoms with Gasteiger partial charge in [0.15, 0.2) is 0 Å². The van der Waals surface area contributed by atoms with E-state index in [1.54, 1.807) is 0 Å². The first kappa shape index (κ1) is 9.50. The third-order valence-corrected chi connectivity index (χ3v) is 3.84. The van der Waals surface area contributed by atoms with Crippen LogP contribution in [0.1, 0.15) is 34.8 Å². The van der Waals surface area contributed by atoms with Crippen LogP contribution in [0.5, 0.6) is 0 Å². The molecule has 1 atom stereocenters. The molecule has 1 aliphatic carbocycles. The maximum absolute atomic E-state index is 9.22. The summed E-state index contributed by atoms with van der Waals surface area (Å²) in [7, 11) is 0. The number of anilines is 1. The van der Waals surface area contributed by atoms with Crippen molar-refractivity contribution in [2.75, 3.05) is 12.3 Å². The molecule has 1 aromatic rings. The second-order valence-corrected chi connectivity index (χ2v) is 4.70. The van der Waals surface area contributed by atoms with Crippen LogP contribution in [0, 0.1) is 11.3 Å². The Balaban J connectivity index is 2.54. The fourth-order valence-corrected chi connectivity index (χ4v) is 3.23. The van der Waals surface area contributed by atoms with Crippen molar-refractivity contribution in [1.29, 1.82) is 5.26 Å². The minimum Gasteiger partial charge on any atom is -0.396 e. The van der Waals surface area contributed by atoms with Gasteiger partial charge in [-0.25, -0.2) is 0 Å². The van der Waals surface area contributed by atoms with Crippen molar-refractivity contribution in [2.45, 2.75) is 25.2 Å². The molecule has 1 heterocycles. The molecule has 3 nitrogen and oxygen atoms in total. The molecule has 0 aliphatic heterocycles. The maximum atomic E-state index is 9.22. The highest BCUT2D eigenvalue weighted by Gasteiger charge is 2.26. The molecule has 1 aromatic heterocycles. The van der Waals surface area contributed by atoms with E-state index in [4.69, 9.17) is 11.0 Å². The van der Waals surface area contributed by atoms with Crippen molar-refractivity contribution in [1.82, 2.24) is 0 Å². The highest BCUT2D eigenvalue weighted by molar-refractivity contribution is 7.16. The molecular weight excluding hydrogens is 196 g/mol. The van der Waals surface area contributed by atoms with Crippen LogP contribution in [0.25, 0.3) is 0 Å². The van der Waals surface area contributed by atoms with E-state index >= 15 is 0 Å². The smallest absolute Gasteiger partial charge is 0.104 e. The van der Waals surface area contributed by atoms with Crippen LogP contribution in [0.15, 0.2) is 0 Å². The minimum atomic E-state index is 0.123. The number of fused-ring (bicyclic) bond motifs is 1. The average Bonchev–Trinajstić information content (AvgIpc) is 2.52. The van der Waals surface area contributed by atoms with E-state index in [0.29, 0.717) is 10.6 Å². The molecular formula is C10H12N2OS. The van der Waals surface area contributed by atoms with Crippen molar-refractivity contribution in [3.63, 3.8) is 0 Å². The van der Waals surface area contributed by atoms with Crippen LogP contribution >= 0.6 is 11.3 Å². The Morgan fingerprint density at radius 3 is 3.07 bits per heavy atom. The fraction of sp³-hybridized carbons (Fsp3) is 0.500. The highest BCUT2D eigenvalue weighted by Crippen LogP contribution is 2.41. The van der Waals surface area contributed by atoms with Gasteiger partial charge in [0, 0.05) is 10.8 Å². The zero-order valence-corrected chi connectivity index (χ0v) is 8.60. The number of nitriles is 1. The summed E-state index contributed by atoms with van der Waals surface area (Å²) in [4.78, 5) is 1.20. The van der Waals surface area contributed by atoms with E-state index in [-0.39, 0.29) is 12.5 Å². The summed E-state index contributed by atoms with van der Waals surface area (Å²) in [6.45, 7) is 0.123. The number of aliphatic hydroxyl groups is 1. The summed E-state index contributed by atoms with van der Waals surface area (Å²) in [5, 5.41) is 18.8. The minimum absolute atomic E-state index is 0.123. The summed E-state index contributed by atoms with van der Waals surface area (Å²) in [6, 6.07) is 2.14. The van der Waals surface area contributed by atoms with Crippen molar-refractivity contribution in [3.05, 3.63) is 16.0 Å². The number of hydrogen-bond acceptors (Lipinski definition) is 4. The fourth-order valence-electron chi connectivity index (χ4n) is 2.08. The molecule has 0 radical (unpaired) electrons. The van der Waals surface area contributed by atoms with Gasteiger partial charge >= 0.3 is 0 Å². The van der Waals surface area contributed by atoms with E-state index in [9.17, 15) is 5.11 Å². The lowest BCUT2D eigenvalue weighted by Gasteiger charge is -2.20. The molecule has 74 valence electrons. The van der Waals surface area contributed by atoms with Gasteiger partial charge in [0.2, 0.25) is 0 Å². The maximum Gasteiger partial charge on any atom is 0.104 e. The number of aliphatic hydroxyl groups excluding tert-OH is 1. The van der Waals surface area contributed by atoms with Gasteiger partial charge in [0.1, 0.15) is 11.1 Å². The monoisotopic (exact) mass is 208 g/mol. The van der Waals surface area contributed by atoms with E-state index in [0.717, 1.165) is 24.8 Å². The zero-order chi connectivity index (χ0) is 10.1. The van der Waals surface area contributed by atoms with E-state index in [1.165, 1.54) is 16.2 Å². The van der Waals surface area contributed by atoms with Gasteiger partial charge < -0.3 is 10.8 Å². The molecule has 0 spiro atoms. The van der Waals surface area contributed by atoms with Crippen LogP contribution in [0.2, 0.25) is 0 Å². The predicted molar refractivity (Wildman–Crippen MR) is 56.2 cm³/mol. The van der Waals surface area contributed by atoms with Gasteiger partial charge in [-0.1, -0.05) is 0 Å². The van der Waals surface area contributed by atoms with Gasteiger partial charge in [-0.2, -0.15) is 5.26 Å². The Kier molecular flexibility index (Phi) is 2.44. The number of hydrogen-bond donors (Lipinski definition) is 2. The molecule has 1 unspecified atom stereocenters. The number of aryl methyl sites for hydroxylation is 1. The first-order valence-corrected chi connectivity index (χ1v) is 5.51. The predicted octanol–water partition coefficient (Wildman–Crippen LogP) is 1.61. The van der Waals surface area contributed by atoms with Crippen LogP contribution in [-0.2, 0) is 6.42 Å². The highest BCUT2D eigenvalue weighted by atomic mass is 32.1. The van der Waals surface area contributed by atoms with E-state index in [1.807, 2.05) is 0 Å². The summed E-state index contributed by atoms with van der Waals surface area (Å²) in [6.07, 6.45) is 3.06. The third-order valence-electron chi connectivity index (χ3n) is 2.75. The topological polar surface area (TPSA) is 70.0 Å². The number of nitrogen functional groups attached to an aromatic ring is 1. The van der Waals surface area contributed by atoms with Gasteiger partial charge in [0.25, 0.3) is 0 Å². The van der Waals surface area contributed by atoms with Crippen LogP contribution in [0.4, 0.5) is 5.00 Å². The number of rotatable bonds is 1. The van der Waals surface area contributed by atoms with Crippen LogP contribution in [0.3, 0.4) is 0 Å². The normalized spacial score (nSPS) is 20.1. The van der Waals surface area contributed by atoms with Crippen LogP contribution < -0.4 is 5.73 Å². The summed E-state index contributed by atoms with van der Waals surface area (Å²) >= 11 is 1.50. The lowest BCUT2D eigenvalue weighted by atomic mass is 9.86. The largest absolute Gasteiger partial charge is 0.396 e. The Bertz CT molecular complexity index is 392. The summed E-state index contributed by atoms with van der Waals surface area (Å²) < 4.78 is 0. The van der Waals surface area contributed by atoms with Gasteiger partial charge in [0.05, 0.1) is 12.2 Å². The molecule has 3 N–H and O–H groups in total. The first-order chi connectivity index (χ1) is 6.77. The second kappa shape index (κ2) is 3.60. The Labute approximate surface area is 86.8 Å². The number of nitrogens with zero attached hydrogens (tertiary/aromatic N) is 1. The molecule has 14 heavy (non-hydrogen) atoms. The molecule has 4 heteroatoms. The second-order valence-electron chi connectivity index (χ2n) is 3.56. The molecule has 0 saturated heterocycles. The van der Waals surface area contributed by atoms with Gasteiger partial charge in [-0.3, -0.25) is 0 Å².